The maximum Gasteiger partial charge on any atom is 0.223 e. The first-order chi connectivity index (χ1) is 11.2. The summed E-state index contributed by atoms with van der Waals surface area (Å²) < 4.78 is 7.52. The second-order valence-electron chi connectivity index (χ2n) is 6.74. The molecule has 2 N–H and O–H groups in total. The van der Waals surface area contributed by atoms with Crippen LogP contribution >= 0.6 is 0 Å². The molecule has 1 aromatic rings. The van der Waals surface area contributed by atoms with Gasteiger partial charge < -0.3 is 19.9 Å². The topological polar surface area (TPSA) is 81.1 Å². The van der Waals surface area contributed by atoms with Crippen LogP contribution in [0.4, 0.5) is 0 Å². The second-order valence-corrected chi connectivity index (χ2v) is 6.74. The van der Waals surface area contributed by atoms with Gasteiger partial charge in [0.1, 0.15) is 5.82 Å². The Kier molecular flexibility index (Phi) is 5.27. The lowest BCUT2D eigenvalue weighted by atomic mass is 9.97. The van der Waals surface area contributed by atoms with E-state index in [-0.39, 0.29) is 23.8 Å². The maximum atomic E-state index is 12.6. The summed E-state index contributed by atoms with van der Waals surface area (Å²) in [6.07, 6.45) is 2.49. The van der Waals surface area contributed by atoms with Crippen LogP contribution in [0.25, 0.3) is 0 Å². The van der Waals surface area contributed by atoms with Gasteiger partial charge in [0.2, 0.25) is 5.91 Å². The summed E-state index contributed by atoms with van der Waals surface area (Å²) in [5, 5.41) is 15.3. The summed E-state index contributed by atoms with van der Waals surface area (Å²) in [6.45, 7) is 8.29. The fourth-order valence-electron chi connectivity index (χ4n) is 3.28. The molecular weight excluding hydrogens is 294 g/mol. The van der Waals surface area contributed by atoms with Crippen LogP contribution in [0.15, 0.2) is 0 Å². The van der Waals surface area contributed by atoms with Crippen molar-refractivity contribution in [1.29, 1.82) is 0 Å². The largest absolute Gasteiger partial charge is 0.381 e. The number of carbonyl (C=O) groups is 1. The fraction of sp³-hybridized carbons (Fsp3) is 0.812. The molecule has 0 aliphatic carbocycles. The standard InChI is InChI=1S/C16H27N5O2/c1-11(2)14(18-16(22)12-4-9-23-10-5-12)15-20-19-13-3-6-17-7-8-21(13)15/h11-12,14,17H,3-10H2,1-2H3,(H,18,22)/t14-/m1/s1. The zero-order chi connectivity index (χ0) is 16.2. The van der Waals surface area contributed by atoms with Crippen molar-refractivity contribution in [2.75, 3.05) is 26.3 Å². The molecule has 7 nitrogen and oxygen atoms in total. The van der Waals surface area contributed by atoms with E-state index in [1.165, 1.54) is 0 Å². The van der Waals surface area contributed by atoms with Gasteiger partial charge in [0.15, 0.2) is 5.82 Å². The molecule has 0 aromatic carbocycles. The molecule has 0 saturated carbocycles. The fourth-order valence-corrected chi connectivity index (χ4v) is 3.28. The number of carbonyl (C=O) groups excluding carboxylic acids is 1. The van der Waals surface area contributed by atoms with Gasteiger partial charge in [-0.1, -0.05) is 13.8 Å². The molecule has 1 amide bonds. The van der Waals surface area contributed by atoms with Crippen molar-refractivity contribution < 1.29 is 9.53 Å². The Balaban J connectivity index is 1.76. The molecule has 0 unspecified atom stereocenters. The van der Waals surface area contributed by atoms with Gasteiger partial charge in [-0.2, -0.15) is 0 Å². The first kappa shape index (κ1) is 16.4. The molecule has 128 valence electrons. The molecule has 3 heterocycles. The molecule has 3 rings (SSSR count). The first-order valence-electron chi connectivity index (χ1n) is 8.67. The molecular formula is C16H27N5O2. The van der Waals surface area contributed by atoms with Crippen molar-refractivity contribution in [2.45, 2.75) is 45.7 Å². The third kappa shape index (κ3) is 3.72. The van der Waals surface area contributed by atoms with Gasteiger partial charge in [0, 0.05) is 45.2 Å². The number of ether oxygens (including phenoxy) is 1. The maximum absolute atomic E-state index is 12.6. The predicted octanol–water partition coefficient (Wildman–Crippen LogP) is 0.664. The minimum Gasteiger partial charge on any atom is -0.381 e. The monoisotopic (exact) mass is 321 g/mol. The summed E-state index contributed by atoms with van der Waals surface area (Å²) in [5.41, 5.74) is 0. The Morgan fingerprint density at radius 3 is 2.83 bits per heavy atom. The predicted molar refractivity (Wildman–Crippen MR) is 85.9 cm³/mol. The summed E-state index contributed by atoms with van der Waals surface area (Å²) in [4.78, 5) is 12.6. The van der Waals surface area contributed by atoms with Crippen LogP contribution in [0, 0.1) is 11.8 Å². The van der Waals surface area contributed by atoms with Crippen molar-refractivity contribution >= 4 is 5.91 Å². The van der Waals surface area contributed by atoms with E-state index in [1.54, 1.807) is 0 Å². The summed E-state index contributed by atoms with van der Waals surface area (Å²) in [5.74, 6) is 2.34. The van der Waals surface area contributed by atoms with Crippen molar-refractivity contribution in [3.63, 3.8) is 0 Å². The van der Waals surface area contributed by atoms with E-state index in [4.69, 9.17) is 4.74 Å². The van der Waals surface area contributed by atoms with Gasteiger partial charge in [-0.05, 0) is 18.8 Å². The van der Waals surface area contributed by atoms with Crippen LogP contribution in [0.1, 0.15) is 44.4 Å². The number of nitrogens with zero attached hydrogens (tertiary/aromatic N) is 3. The average Bonchev–Trinajstić information content (AvgIpc) is 2.80. The molecule has 2 aliphatic heterocycles. The third-order valence-electron chi connectivity index (χ3n) is 4.73. The van der Waals surface area contributed by atoms with E-state index < -0.39 is 0 Å². The van der Waals surface area contributed by atoms with E-state index in [9.17, 15) is 4.79 Å². The normalized spacial score (nSPS) is 20.8. The molecule has 2 aliphatic rings. The van der Waals surface area contributed by atoms with Gasteiger partial charge in [-0.25, -0.2) is 0 Å². The van der Waals surface area contributed by atoms with E-state index in [1.807, 2.05) is 0 Å². The summed E-state index contributed by atoms with van der Waals surface area (Å²) >= 11 is 0. The lowest BCUT2D eigenvalue weighted by molar-refractivity contribution is -0.129. The SMILES string of the molecule is CC(C)[C@@H](NC(=O)C1CCOCC1)c1nnc2n1CCNCC2. The lowest BCUT2D eigenvalue weighted by Crippen LogP contribution is -2.39. The number of amides is 1. The highest BCUT2D eigenvalue weighted by Crippen LogP contribution is 2.24. The van der Waals surface area contributed by atoms with E-state index >= 15 is 0 Å². The summed E-state index contributed by atoms with van der Waals surface area (Å²) in [6, 6.07) is -0.0929. The minimum absolute atomic E-state index is 0.0539. The Morgan fingerprint density at radius 2 is 2.09 bits per heavy atom. The highest BCUT2D eigenvalue weighted by Gasteiger charge is 2.29. The van der Waals surface area contributed by atoms with Crippen LogP contribution in [-0.2, 0) is 22.5 Å². The molecule has 1 fully saturated rings. The molecule has 23 heavy (non-hydrogen) atoms. The quantitative estimate of drug-likeness (QED) is 0.852. The smallest absolute Gasteiger partial charge is 0.223 e. The van der Waals surface area contributed by atoms with Crippen LogP contribution in [-0.4, -0.2) is 47.0 Å². The van der Waals surface area contributed by atoms with E-state index in [0.717, 1.165) is 50.5 Å². The molecule has 0 bridgehead atoms. The lowest BCUT2D eigenvalue weighted by Gasteiger charge is -2.27. The van der Waals surface area contributed by atoms with E-state index in [2.05, 4.69) is 39.2 Å². The molecule has 0 spiro atoms. The molecule has 7 heteroatoms. The second kappa shape index (κ2) is 7.40. The van der Waals surface area contributed by atoms with Crippen molar-refractivity contribution in [1.82, 2.24) is 25.4 Å². The zero-order valence-electron chi connectivity index (χ0n) is 14.0. The minimum atomic E-state index is -0.0929. The van der Waals surface area contributed by atoms with Crippen LogP contribution in [0.3, 0.4) is 0 Å². The number of hydrogen-bond donors (Lipinski definition) is 2. The van der Waals surface area contributed by atoms with Crippen LogP contribution in [0.2, 0.25) is 0 Å². The van der Waals surface area contributed by atoms with Gasteiger partial charge in [0.25, 0.3) is 0 Å². The van der Waals surface area contributed by atoms with Crippen molar-refractivity contribution in [2.24, 2.45) is 11.8 Å². The number of fused-ring (bicyclic) bond motifs is 1. The van der Waals surface area contributed by atoms with Gasteiger partial charge in [-0.3, -0.25) is 4.79 Å². The number of hydrogen-bond acceptors (Lipinski definition) is 5. The molecule has 1 saturated heterocycles. The first-order valence-corrected chi connectivity index (χ1v) is 8.67. The average molecular weight is 321 g/mol. The molecule has 1 atom stereocenters. The number of rotatable bonds is 4. The zero-order valence-corrected chi connectivity index (χ0v) is 14.0. The van der Waals surface area contributed by atoms with Gasteiger partial charge in [-0.15, -0.1) is 10.2 Å². The highest BCUT2D eigenvalue weighted by atomic mass is 16.5. The number of aromatic nitrogens is 3. The Labute approximate surface area is 137 Å². The highest BCUT2D eigenvalue weighted by molar-refractivity contribution is 5.79. The van der Waals surface area contributed by atoms with Gasteiger partial charge in [0.05, 0.1) is 6.04 Å². The van der Waals surface area contributed by atoms with Crippen LogP contribution < -0.4 is 10.6 Å². The third-order valence-corrected chi connectivity index (χ3v) is 4.73. The Bertz CT molecular complexity index is 537. The van der Waals surface area contributed by atoms with Crippen LogP contribution in [0.5, 0.6) is 0 Å². The van der Waals surface area contributed by atoms with E-state index in [0.29, 0.717) is 13.2 Å². The number of nitrogens with one attached hydrogen (secondary N) is 2. The van der Waals surface area contributed by atoms with Crippen molar-refractivity contribution in [3.05, 3.63) is 11.6 Å². The Hall–Kier alpha value is -1.47. The van der Waals surface area contributed by atoms with Crippen molar-refractivity contribution in [3.8, 4) is 0 Å². The molecule has 1 aromatic heterocycles. The Morgan fingerprint density at radius 1 is 1.30 bits per heavy atom. The van der Waals surface area contributed by atoms with Gasteiger partial charge >= 0.3 is 0 Å². The molecule has 0 radical (unpaired) electrons. The summed E-state index contributed by atoms with van der Waals surface area (Å²) in [7, 11) is 0.